The molecule has 0 aliphatic rings. The summed E-state index contributed by atoms with van der Waals surface area (Å²) >= 11 is 4.42. The summed E-state index contributed by atoms with van der Waals surface area (Å²) in [6.45, 7) is 3.59. The first kappa shape index (κ1) is 16.7. The number of ether oxygens (including phenoxy) is 1. The van der Waals surface area contributed by atoms with Crippen LogP contribution in [0.25, 0.3) is 10.2 Å². The van der Waals surface area contributed by atoms with Crippen molar-refractivity contribution >= 4 is 54.5 Å². The predicted octanol–water partition coefficient (Wildman–Crippen LogP) is 4.47. The van der Waals surface area contributed by atoms with Crippen LogP contribution in [0.15, 0.2) is 39.4 Å². The van der Waals surface area contributed by atoms with E-state index >= 15 is 0 Å². The van der Waals surface area contributed by atoms with Gasteiger partial charge in [-0.15, -0.1) is 0 Å². The molecule has 0 saturated heterocycles. The van der Waals surface area contributed by atoms with E-state index < -0.39 is 0 Å². The van der Waals surface area contributed by atoms with Crippen molar-refractivity contribution < 1.29 is 18.7 Å². The number of thiazole rings is 1. The molecule has 1 aromatic carbocycles. The molecule has 0 fully saturated rings. The molecule has 2 aromatic heterocycles. The van der Waals surface area contributed by atoms with Crippen molar-refractivity contribution in [2.45, 2.75) is 20.0 Å². The van der Waals surface area contributed by atoms with Gasteiger partial charge in [-0.3, -0.25) is 10.1 Å². The zero-order chi connectivity index (χ0) is 17.3. The van der Waals surface area contributed by atoms with Crippen molar-refractivity contribution in [3.8, 4) is 0 Å². The highest BCUT2D eigenvalue weighted by atomic mass is 79.9. The minimum Gasteiger partial charge on any atom is -0.459 e. The molecule has 24 heavy (non-hydrogen) atoms. The van der Waals surface area contributed by atoms with E-state index in [1.807, 2.05) is 0 Å². The van der Waals surface area contributed by atoms with Crippen LogP contribution in [-0.4, -0.2) is 23.0 Å². The summed E-state index contributed by atoms with van der Waals surface area (Å²) in [5, 5.41) is 3.11. The summed E-state index contributed by atoms with van der Waals surface area (Å²) in [6.07, 6.45) is -0.183. The monoisotopic (exact) mass is 408 g/mol. The molecule has 2 heterocycles. The Balaban J connectivity index is 1.81. The van der Waals surface area contributed by atoms with Crippen LogP contribution in [0.3, 0.4) is 0 Å². The molecule has 6 nitrogen and oxygen atoms in total. The number of hydrogen-bond acceptors (Lipinski definition) is 6. The van der Waals surface area contributed by atoms with Crippen molar-refractivity contribution in [3.63, 3.8) is 0 Å². The van der Waals surface area contributed by atoms with Crippen LogP contribution in [0.4, 0.5) is 5.13 Å². The summed E-state index contributed by atoms with van der Waals surface area (Å²) in [5.41, 5.74) is 1.14. The third-order valence-electron chi connectivity index (χ3n) is 2.98. The minimum atomic E-state index is -0.390. The third kappa shape index (κ3) is 3.65. The SMILES string of the molecule is CC(C)OC(=O)c1ccc2nc(NC(=O)c3ccc(Br)o3)sc2c1. The van der Waals surface area contributed by atoms with Gasteiger partial charge < -0.3 is 9.15 Å². The second-order valence-electron chi connectivity index (χ2n) is 5.21. The molecule has 3 rings (SSSR count). The van der Waals surface area contributed by atoms with Crippen molar-refractivity contribution in [1.82, 2.24) is 4.98 Å². The maximum atomic E-state index is 12.1. The fourth-order valence-electron chi connectivity index (χ4n) is 1.98. The minimum absolute atomic E-state index is 0.183. The number of carbonyl (C=O) groups excluding carboxylic acids is 2. The molecule has 8 heteroatoms. The Labute approximate surface area is 150 Å². The lowest BCUT2D eigenvalue weighted by Crippen LogP contribution is -2.11. The van der Waals surface area contributed by atoms with E-state index in [0.717, 1.165) is 4.70 Å². The van der Waals surface area contributed by atoms with Gasteiger partial charge in [0, 0.05) is 0 Å². The van der Waals surface area contributed by atoms with Gasteiger partial charge in [-0.1, -0.05) is 11.3 Å². The van der Waals surface area contributed by atoms with Gasteiger partial charge in [0.15, 0.2) is 15.6 Å². The zero-order valence-corrected chi connectivity index (χ0v) is 15.2. The number of anilines is 1. The first-order valence-electron chi connectivity index (χ1n) is 7.10. The molecule has 0 bridgehead atoms. The number of esters is 1. The zero-order valence-electron chi connectivity index (χ0n) is 12.8. The Kier molecular flexibility index (Phi) is 4.68. The van der Waals surface area contributed by atoms with Gasteiger partial charge in [0.1, 0.15) is 0 Å². The highest BCUT2D eigenvalue weighted by Crippen LogP contribution is 2.28. The Bertz CT molecular complexity index is 916. The number of hydrogen-bond donors (Lipinski definition) is 1. The molecule has 0 saturated carbocycles. The van der Waals surface area contributed by atoms with Crippen LogP contribution in [0.5, 0.6) is 0 Å². The lowest BCUT2D eigenvalue weighted by Gasteiger charge is -2.07. The average Bonchev–Trinajstić information content (AvgIpc) is 3.11. The highest BCUT2D eigenvalue weighted by Gasteiger charge is 2.15. The largest absolute Gasteiger partial charge is 0.459 e. The summed E-state index contributed by atoms with van der Waals surface area (Å²) in [5.74, 6) is -0.590. The second kappa shape index (κ2) is 6.74. The number of rotatable bonds is 4. The van der Waals surface area contributed by atoms with Crippen molar-refractivity contribution in [2.75, 3.05) is 5.32 Å². The molecule has 1 N–H and O–H groups in total. The maximum absolute atomic E-state index is 12.1. The third-order valence-corrected chi connectivity index (χ3v) is 4.34. The molecule has 0 spiro atoms. The van der Waals surface area contributed by atoms with Gasteiger partial charge in [-0.05, 0) is 60.1 Å². The van der Waals surface area contributed by atoms with Crippen molar-refractivity contribution in [1.29, 1.82) is 0 Å². The Hall–Kier alpha value is -2.19. The quantitative estimate of drug-likeness (QED) is 0.643. The summed E-state index contributed by atoms with van der Waals surface area (Å²) < 4.78 is 11.6. The van der Waals surface area contributed by atoms with Gasteiger partial charge in [0.25, 0.3) is 5.91 Å². The second-order valence-corrected chi connectivity index (χ2v) is 7.03. The normalized spacial score (nSPS) is 11.0. The number of furan rings is 1. The number of fused-ring (bicyclic) bond motifs is 1. The number of carbonyl (C=O) groups is 2. The van der Waals surface area contributed by atoms with Gasteiger partial charge in [0.05, 0.1) is 21.9 Å². The Morgan fingerprint density at radius 3 is 2.75 bits per heavy atom. The van der Waals surface area contributed by atoms with Crippen LogP contribution in [0.2, 0.25) is 0 Å². The fraction of sp³-hybridized carbons (Fsp3) is 0.188. The van der Waals surface area contributed by atoms with Gasteiger partial charge in [0.2, 0.25) is 0 Å². The number of benzene rings is 1. The van der Waals surface area contributed by atoms with Crippen LogP contribution < -0.4 is 5.32 Å². The predicted molar refractivity (Wildman–Crippen MR) is 94.5 cm³/mol. The molecule has 0 unspecified atom stereocenters. The van der Waals surface area contributed by atoms with Crippen LogP contribution >= 0.6 is 27.3 Å². The van der Waals surface area contributed by atoms with E-state index in [1.165, 1.54) is 11.3 Å². The van der Waals surface area contributed by atoms with Crippen LogP contribution in [0, 0.1) is 0 Å². The lowest BCUT2D eigenvalue weighted by atomic mass is 10.2. The van der Waals surface area contributed by atoms with Crippen molar-refractivity contribution in [3.05, 3.63) is 46.3 Å². The number of nitrogens with zero attached hydrogens (tertiary/aromatic N) is 1. The smallest absolute Gasteiger partial charge is 0.338 e. The van der Waals surface area contributed by atoms with E-state index in [1.54, 1.807) is 44.2 Å². The standard InChI is InChI=1S/C16H13BrN2O4S/c1-8(2)22-15(21)9-3-4-10-12(7-9)24-16(18-10)19-14(20)11-5-6-13(17)23-11/h3-8H,1-2H3,(H,18,19,20). The Morgan fingerprint density at radius 1 is 1.29 bits per heavy atom. The number of halogens is 1. The van der Waals surface area contributed by atoms with E-state index in [9.17, 15) is 9.59 Å². The molecule has 124 valence electrons. The molecule has 0 aliphatic carbocycles. The average molecular weight is 409 g/mol. The molecular formula is C16H13BrN2O4S. The summed E-state index contributed by atoms with van der Waals surface area (Å²) in [7, 11) is 0. The Morgan fingerprint density at radius 2 is 2.08 bits per heavy atom. The molecule has 1 amide bonds. The first-order chi connectivity index (χ1) is 11.4. The summed E-state index contributed by atoms with van der Waals surface area (Å²) in [4.78, 5) is 28.3. The fourth-order valence-corrected chi connectivity index (χ4v) is 3.19. The van der Waals surface area contributed by atoms with Crippen molar-refractivity contribution in [2.24, 2.45) is 0 Å². The molecule has 0 radical (unpaired) electrons. The molecule has 0 atom stereocenters. The van der Waals surface area contributed by atoms with Gasteiger partial charge in [-0.25, -0.2) is 9.78 Å². The maximum Gasteiger partial charge on any atom is 0.338 e. The van der Waals surface area contributed by atoms with E-state index in [0.29, 0.717) is 20.9 Å². The topological polar surface area (TPSA) is 81.4 Å². The molecule has 3 aromatic rings. The number of aromatic nitrogens is 1. The highest BCUT2D eigenvalue weighted by molar-refractivity contribution is 9.10. The van der Waals surface area contributed by atoms with E-state index in [2.05, 4.69) is 26.2 Å². The lowest BCUT2D eigenvalue weighted by molar-refractivity contribution is 0.0378. The van der Waals surface area contributed by atoms with Crippen LogP contribution in [0.1, 0.15) is 34.8 Å². The van der Waals surface area contributed by atoms with Gasteiger partial charge >= 0.3 is 5.97 Å². The number of amides is 1. The first-order valence-corrected chi connectivity index (χ1v) is 8.71. The van der Waals surface area contributed by atoms with Gasteiger partial charge in [-0.2, -0.15) is 0 Å². The molecule has 0 aliphatic heterocycles. The van der Waals surface area contributed by atoms with Crippen LogP contribution in [-0.2, 0) is 4.74 Å². The summed E-state index contributed by atoms with van der Waals surface area (Å²) in [6, 6.07) is 8.29. The molecular weight excluding hydrogens is 396 g/mol. The van der Waals surface area contributed by atoms with E-state index in [4.69, 9.17) is 9.15 Å². The van der Waals surface area contributed by atoms with E-state index in [-0.39, 0.29) is 23.7 Å². The number of nitrogens with one attached hydrogen (secondary N) is 1.